The first-order valence-corrected chi connectivity index (χ1v) is 4.70. The molecule has 0 fully saturated rings. The van der Waals surface area contributed by atoms with Crippen LogP contribution in [-0.4, -0.2) is 9.97 Å². The molecule has 1 heterocycles. The molecule has 14 heavy (non-hydrogen) atoms. The van der Waals surface area contributed by atoms with Crippen molar-refractivity contribution < 1.29 is 0 Å². The minimum Gasteiger partial charge on any atom is -0.256 e. The summed E-state index contributed by atoms with van der Waals surface area (Å²) in [4.78, 5) is 8.41. The molecule has 0 aliphatic carbocycles. The van der Waals surface area contributed by atoms with Crippen molar-refractivity contribution in [3.63, 3.8) is 0 Å². The highest BCUT2D eigenvalue weighted by atomic mass is 35.5. The lowest BCUT2D eigenvalue weighted by molar-refractivity contribution is 1.12. The van der Waals surface area contributed by atoms with E-state index in [-0.39, 0.29) is 0 Å². The third-order valence-electron chi connectivity index (χ3n) is 1.97. The molecule has 1 aromatic carbocycles. The number of benzene rings is 1. The molecule has 2 aromatic rings. The fraction of sp³-hybridized carbons (Fsp3) is 0.0909. The molecule has 0 saturated carbocycles. The molecule has 0 radical (unpaired) electrons. The van der Waals surface area contributed by atoms with Crippen LogP contribution in [0.1, 0.15) is 5.69 Å². The molecule has 0 unspecified atom stereocenters. The Morgan fingerprint density at radius 1 is 1.14 bits per heavy atom. The summed E-state index contributed by atoms with van der Waals surface area (Å²) in [6.07, 6.45) is 1.56. The summed E-state index contributed by atoms with van der Waals surface area (Å²) < 4.78 is 0. The molecule has 0 atom stereocenters. The van der Waals surface area contributed by atoms with Crippen LogP contribution in [0.3, 0.4) is 0 Å². The Balaban J connectivity index is 2.57. The summed E-state index contributed by atoms with van der Waals surface area (Å²) in [6, 6.07) is 9.90. The van der Waals surface area contributed by atoms with Gasteiger partial charge < -0.3 is 0 Å². The first-order chi connectivity index (χ1) is 6.77. The molecule has 0 aliphatic rings. The summed E-state index contributed by atoms with van der Waals surface area (Å²) >= 11 is 5.79. The third-order valence-corrected chi connectivity index (χ3v) is 2.16. The second-order valence-electron chi connectivity index (χ2n) is 2.99. The van der Waals surface area contributed by atoms with Gasteiger partial charge in [-0.15, -0.1) is 0 Å². The lowest BCUT2D eigenvalue weighted by Gasteiger charge is -2.03. The molecule has 2 nitrogen and oxygen atoms in total. The summed E-state index contributed by atoms with van der Waals surface area (Å²) in [5.41, 5.74) is 2.78. The maximum atomic E-state index is 5.79. The van der Waals surface area contributed by atoms with E-state index in [1.54, 1.807) is 6.20 Å². The van der Waals surface area contributed by atoms with Crippen LogP contribution in [0.25, 0.3) is 11.3 Å². The number of rotatable bonds is 1. The quantitative estimate of drug-likeness (QED) is 0.714. The van der Waals surface area contributed by atoms with Crippen molar-refractivity contribution in [1.29, 1.82) is 0 Å². The average Bonchev–Trinajstić information content (AvgIpc) is 2.23. The van der Waals surface area contributed by atoms with E-state index in [2.05, 4.69) is 9.97 Å². The maximum absolute atomic E-state index is 5.79. The van der Waals surface area contributed by atoms with E-state index in [0.717, 1.165) is 17.0 Å². The Bertz CT molecular complexity index is 440. The maximum Gasteiger partial charge on any atom is 0.148 e. The highest BCUT2D eigenvalue weighted by molar-refractivity contribution is 6.29. The number of halogens is 1. The molecule has 0 amide bonds. The molecular formula is C11H9ClN2. The minimum absolute atomic E-state index is 0.425. The van der Waals surface area contributed by atoms with Crippen LogP contribution >= 0.6 is 11.6 Å². The van der Waals surface area contributed by atoms with E-state index in [9.17, 15) is 0 Å². The summed E-state index contributed by atoms with van der Waals surface area (Å²) in [7, 11) is 0. The Kier molecular flexibility index (Phi) is 2.46. The SMILES string of the molecule is Cc1ncc(Cl)nc1-c1ccccc1. The normalized spacial score (nSPS) is 10.1. The van der Waals surface area contributed by atoms with Gasteiger partial charge in [0.15, 0.2) is 0 Å². The number of aromatic nitrogens is 2. The van der Waals surface area contributed by atoms with Gasteiger partial charge in [-0.3, -0.25) is 4.98 Å². The fourth-order valence-corrected chi connectivity index (χ4v) is 1.43. The van der Waals surface area contributed by atoms with Gasteiger partial charge in [0.25, 0.3) is 0 Å². The number of hydrogen-bond donors (Lipinski definition) is 0. The van der Waals surface area contributed by atoms with Crippen molar-refractivity contribution in [1.82, 2.24) is 9.97 Å². The second kappa shape index (κ2) is 3.76. The van der Waals surface area contributed by atoms with Crippen molar-refractivity contribution in [3.05, 3.63) is 47.4 Å². The van der Waals surface area contributed by atoms with Crippen LogP contribution in [0, 0.1) is 6.92 Å². The predicted octanol–water partition coefficient (Wildman–Crippen LogP) is 3.11. The minimum atomic E-state index is 0.425. The van der Waals surface area contributed by atoms with Crippen LogP contribution in [0.5, 0.6) is 0 Å². The van der Waals surface area contributed by atoms with E-state index in [1.165, 1.54) is 0 Å². The second-order valence-corrected chi connectivity index (χ2v) is 3.38. The van der Waals surface area contributed by atoms with Gasteiger partial charge in [0, 0.05) is 5.56 Å². The van der Waals surface area contributed by atoms with Gasteiger partial charge in [0.2, 0.25) is 0 Å². The molecular weight excluding hydrogens is 196 g/mol. The molecule has 0 bridgehead atoms. The Morgan fingerprint density at radius 2 is 1.86 bits per heavy atom. The molecule has 0 aliphatic heterocycles. The fourth-order valence-electron chi connectivity index (χ4n) is 1.30. The molecule has 3 heteroatoms. The van der Waals surface area contributed by atoms with Crippen LogP contribution in [0.2, 0.25) is 5.15 Å². The van der Waals surface area contributed by atoms with Gasteiger partial charge >= 0.3 is 0 Å². The van der Waals surface area contributed by atoms with Gasteiger partial charge in [0.05, 0.1) is 17.6 Å². The zero-order valence-electron chi connectivity index (χ0n) is 7.74. The number of hydrogen-bond acceptors (Lipinski definition) is 2. The monoisotopic (exact) mass is 204 g/mol. The van der Waals surface area contributed by atoms with Gasteiger partial charge in [-0.1, -0.05) is 41.9 Å². The molecule has 70 valence electrons. The van der Waals surface area contributed by atoms with Crippen molar-refractivity contribution in [3.8, 4) is 11.3 Å². The van der Waals surface area contributed by atoms with Gasteiger partial charge in [-0.2, -0.15) is 0 Å². The highest BCUT2D eigenvalue weighted by Crippen LogP contribution is 2.20. The predicted molar refractivity (Wildman–Crippen MR) is 57.2 cm³/mol. The first kappa shape index (κ1) is 9.16. The number of aryl methyl sites for hydroxylation is 1. The van der Waals surface area contributed by atoms with Crippen LogP contribution in [-0.2, 0) is 0 Å². The van der Waals surface area contributed by atoms with Crippen molar-refractivity contribution in [2.75, 3.05) is 0 Å². The van der Waals surface area contributed by atoms with Gasteiger partial charge in [-0.25, -0.2) is 4.98 Å². The highest BCUT2D eigenvalue weighted by Gasteiger charge is 2.04. The average molecular weight is 205 g/mol. The molecule has 0 saturated heterocycles. The first-order valence-electron chi connectivity index (χ1n) is 4.32. The zero-order chi connectivity index (χ0) is 9.97. The van der Waals surface area contributed by atoms with E-state index in [0.29, 0.717) is 5.15 Å². The van der Waals surface area contributed by atoms with Crippen LogP contribution < -0.4 is 0 Å². The lowest BCUT2D eigenvalue weighted by Crippen LogP contribution is -1.91. The van der Waals surface area contributed by atoms with E-state index in [4.69, 9.17) is 11.6 Å². The van der Waals surface area contributed by atoms with Gasteiger partial charge in [0.1, 0.15) is 5.15 Å². The molecule has 1 aromatic heterocycles. The van der Waals surface area contributed by atoms with E-state index < -0.39 is 0 Å². The van der Waals surface area contributed by atoms with Crippen molar-refractivity contribution >= 4 is 11.6 Å². The Hall–Kier alpha value is -1.41. The van der Waals surface area contributed by atoms with E-state index in [1.807, 2.05) is 37.3 Å². The third kappa shape index (κ3) is 1.75. The largest absolute Gasteiger partial charge is 0.256 e. The van der Waals surface area contributed by atoms with Crippen LogP contribution in [0.15, 0.2) is 36.5 Å². The van der Waals surface area contributed by atoms with Crippen molar-refractivity contribution in [2.45, 2.75) is 6.92 Å². The van der Waals surface area contributed by atoms with Gasteiger partial charge in [-0.05, 0) is 6.92 Å². The molecule has 0 N–H and O–H groups in total. The Labute approximate surface area is 87.6 Å². The molecule has 2 rings (SSSR count). The van der Waals surface area contributed by atoms with Crippen LogP contribution in [0.4, 0.5) is 0 Å². The summed E-state index contributed by atoms with van der Waals surface area (Å²) in [6.45, 7) is 1.92. The topological polar surface area (TPSA) is 25.8 Å². The van der Waals surface area contributed by atoms with E-state index >= 15 is 0 Å². The van der Waals surface area contributed by atoms with Crippen molar-refractivity contribution in [2.24, 2.45) is 0 Å². The molecule has 0 spiro atoms. The number of nitrogens with zero attached hydrogens (tertiary/aromatic N) is 2. The lowest BCUT2D eigenvalue weighted by atomic mass is 10.1. The smallest absolute Gasteiger partial charge is 0.148 e. The standard InChI is InChI=1S/C11H9ClN2/c1-8-11(14-10(12)7-13-8)9-5-3-2-4-6-9/h2-7H,1H3. The summed E-state index contributed by atoms with van der Waals surface area (Å²) in [5, 5.41) is 0.425. The Morgan fingerprint density at radius 3 is 2.57 bits per heavy atom. The summed E-state index contributed by atoms with van der Waals surface area (Å²) in [5.74, 6) is 0. The zero-order valence-corrected chi connectivity index (χ0v) is 8.49.